The van der Waals surface area contributed by atoms with Crippen LogP contribution in [0.25, 0.3) is 33.3 Å². The highest BCUT2D eigenvalue weighted by Crippen LogP contribution is 2.29. The van der Waals surface area contributed by atoms with E-state index in [1.807, 2.05) is 47.8 Å². The number of thiazole rings is 1. The van der Waals surface area contributed by atoms with Crippen LogP contribution in [0.3, 0.4) is 0 Å². The lowest BCUT2D eigenvalue weighted by molar-refractivity contribution is -0.113. The number of hydrogen-bond donors (Lipinski definition) is 1. The number of ether oxygens (including phenoxy) is 1. The van der Waals surface area contributed by atoms with E-state index in [0.29, 0.717) is 15.7 Å². The van der Waals surface area contributed by atoms with Crippen LogP contribution in [-0.2, 0) is 4.79 Å². The van der Waals surface area contributed by atoms with Crippen molar-refractivity contribution in [3.8, 4) is 34.3 Å². The average Bonchev–Trinajstić information content (AvgIpc) is 3.40. The van der Waals surface area contributed by atoms with Crippen molar-refractivity contribution >= 4 is 44.9 Å². The van der Waals surface area contributed by atoms with Crippen molar-refractivity contribution in [1.29, 1.82) is 5.26 Å². The maximum absolute atomic E-state index is 12.6. The Kier molecular flexibility index (Phi) is 6.94. The van der Waals surface area contributed by atoms with Crippen molar-refractivity contribution in [2.24, 2.45) is 0 Å². The number of benzene rings is 3. The molecular formula is C28H20N4O2S2. The summed E-state index contributed by atoms with van der Waals surface area (Å²) in [7, 11) is 1.62. The van der Waals surface area contributed by atoms with Gasteiger partial charge in [-0.1, -0.05) is 48.2 Å². The first-order valence-corrected chi connectivity index (χ1v) is 12.9. The topological polar surface area (TPSA) is 87.9 Å². The van der Waals surface area contributed by atoms with Crippen molar-refractivity contribution in [3.63, 3.8) is 0 Å². The standard InChI is InChI=1S/C28H20N4O2S2/c1-34-23-11-8-19(9-12-23)24-13-10-22(15-29)27(30-24)35-17-26(33)32-28-31-25(16-36-28)21-7-6-18-4-2-3-5-20(18)14-21/h2-14,16H,17H2,1H3,(H,31,32,33). The van der Waals surface area contributed by atoms with Gasteiger partial charge in [-0.05, 0) is 53.2 Å². The molecule has 0 fully saturated rings. The van der Waals surface area contributed by atoms with Crippen LogP contribution in [0.15, 0.2) is 89.3 Å². The fourth-order valence-electron chi connectivity index (χ4n) is 3.66. The maximum atomic E-state index is 12.6. The zero-order valence-corrected chi connectivity index (χ0v) is 20.9. The number of anilines is 1. The van der Waals surface area contributed by atoms with Crippen LogP contribution in [0.5, 0.6) is 5.75 Å². The molecule has 0 saturated heterocycles. The summed E-state index contributed by atoms with van der Waals surface area (Å²) in [5, 5.41) is 17.6. The largest absolute Gasteiger partial charge is 0.497 e. The van der Waals surface area contributed by atoms with Crippen molar-refractivity contribution in [3.05, 3.63) is 89.8 Å². The third-order valence-electron chi connectivity index (χ3n) is 5.50. The maximum Gasteiger partial charge on any atom is 0.236 e. The minimum Gasteiger partial charge on any atom is -0.497 e. The van der Waals surface area contributed by atoms with E-state index in [2.05, 4.69) is 45.6 Å². The first kappa shape index (κ1) is 23.5. The Hall–Kier alpha value is -4.19. The van der Waals surface area contributed by atoms with E-state index in [1.54, 1.807) is 19.2 Å². The molecule has 0 aliphatic carbocycles. The molecular weight excluding hydrogens is 488 g/mol. The number of carbonyl (C=O) groups excluding carboxylic acids is 1. The summed E-state index contributed by atoms with van der Waals surface area (Å²) in [6, 6.07) is 27.6. The van der Waals surface area contributed by atoms with Gasteiger partial charge in [0.25, 0.3) is 0 Å². The molecule has 5 aromatic rings. The summed E-state index contributed by atoms with van der Waals surface area (Å²) < 4.78 is 5.21. The van der Waals surface area contributed by atoms with Crippen LogP contribution in [0.4, 0.5) is 5.13 Å². The second-order valence-corrected chi connectivity index (χ2v) is 9.65. The van der Waals surface area contributed by atoms with Crippen LogP contribution < -0.4 is 10.1 Å². The Bertz CT molecular complexity index is 1590. The molecule has 36 heavy (non-hydrogen) atoms. The van der Waals surface area contributed by atoms with E-state index >= 15 is 0 Å². The number of rotatable bonds is 7. The van der Waals surface area contributed by atoms with E-state index in [4.69, 9.17) is 4.74 Å². The monoisotopic (exact) mass is 508 g/mol. The van der Waals surface area contributed by atoms with E-state index in [9.17, 15) is 10.1 Å². The molecule has 0 aliphatic heterocycles. The van der Waals surface area contributed by atoms with Crippen LogP contribution in [0, 0.1) is 11.3 Å². The lowest BCUT2D eigenvalue weighted by atomic mass is 10.1. The first-order chi connectivity index (χ1) is 17.6. The van der Waals surface area contributed by atoms with Crippen LogP contribution in [0.2, 0.25) is 0 Å². The van der Waals surface area contributed by atoms with Crippen molar-refractivity contribution in [1.82, 2.24) is 9.97 Å². The van der Waals surface area contributed by atoms with Gasteiger partial charge in [-0.25, -0.2) is 9.97 Å². The normalized spacial score (nSPS) is 10.7. The number of amides is 1. The summed E-state index contributed by atoms with van der Waals surface area (Å²) in [6.45, 7) is 0. The van der Waals surface area contributed by atoms with Crippen LogP contribution in [-0.4, -0.2) is 28.7 Å². The van der Waals surface area contributed by atoms with Crippen LogP contribution >= 0.6 is 23.1 Å². The number of nitrogens with zero attached hydrogens (tertiary/aromatic N) is 3. The Balaban J connectivity index is 1.26. The molecule has 5 rings (SSSR count). The molecule has 6 nitrogen and oxygen atoms in total. The smallest absolute Gasteiger partial charge is 0.236 e. The van der Waals surface area contributed by atoms with Gasteiger partial charge in [-0.2, -0.15) is 5.26 Å². The molecule has 2 aromatic heterocycles. The van der Waals surface area contributed by atoms with Crippen molar-refractivity contribution < 1.29 is 9.53 Å². The molecule has 1 N–H and O–H groups in total. The van der Waals surface area contributed by atoms with Gasteiger partial charge in [-0.3, -0.25) is 4.79 Å². The number of nitrogens with one attached hydrogen (secondary N) is 1. The van der Waals surface area contributed by atoms with Crippen LogP contribution in [0.1, 0.15) is 5.56 Å². The lowest BCUT2D eigenvalue weighted by Gasteiger charge is -2.07. The average molecular weight is 509 g/mol. The second kappa shape index (κ2) is 10.6. The van der Waals surface area contributed by atoms with E-state index in [0.717, 1.165) is 33.7 Å². The molecule has 8 heteroatoms. The quantitative estimate of drug-likeness (QED) is 0.248. The van der Waals surface area contributed by atoms with E-state index in [1.165, 1.54) is 28.5 Å². The number of nitriles is 1. The highest BCUT2D eigenvalue weighted by molar-refractivity contribution is 8.00. The highest BCUT2D eigenvalue weighted by atomic mass is 32.2. The number of methoxy groups -OCH3 is 1. The van der Waals surface area contributed by atoms with Gasteiger partial charge in [-0.15, -0.1) is 11.3 Å². The summed E-state index contributed by atoms with van der Waals surface area (Å²) in [6.07, 6.45) is 0. The Morgan fingerprint density at radius 1 is 0.972 bits per heavy atom. The van der Waals surface area contributed by atoms with Crippen molar-refractivity contribution in [2.75, 3.05) is 18.2 Å². The zero-order valence-electron chi connectivity index (χ0n) is 19.3. The predicted molar refractivity (Wildman–Crippen MR) is 145 cm³/mol. The molecule has 3 aromatic carbocycles. The SMILES string of the molecule is COc1ccc(-c2ccc(C#N)c(SCC(=O)Nc3nc(-c4ccc5ccccc5c4)cs3)n2)cc1. The summed E-state index contributed by atoms with van der Waals surface area (Å²) in [4.78, 5) is 21.8. The number of hydrogen-bond acceptors (Lipinski definition) is 7. The molecule has 0 aliphatic rings. The summed E-state index contributed by atoms with van der Waals surface area (Å²) >= 11 is 2.61. The van der Waals surface area contributed by atoms with Gasteiger partial charge in [0.15, 0.2) is 5.13 Å². The number of fused-ring (bicyclic) bond motifs is 1. The Labute approximate surface area is 216 Å². The third-order valence-corrected chi connectivity index (χ3v) is 7.25. The summed E-state index contributed by atoms with van der Waals surface area (Å²) in [5.74, 6) is 0.656. The lowest BCUT2D eigenvalue weighted by Crippen LogP contribution is -2.14. The first-order valence-electron chi connectivity index (χ1n) is 11.1. The fourth-order valence-corrected chi connectivity index (χ4v) is 5.17. The highest BCUT2D eigenvalue weighted by Gasteiger charge is 2.13. The van der Waals surface area contributed by atoms with E-state index < -0.39 is 0 Å². The molecule has 0 bridgehead atoms. The minimum absolute atomic E-state index is 0.110. The molecule has 1 amide bonds. The van der Waals surface area contributed by atoms with Gasteiger partial charge < -0.3 is 10.1 Å². The Morgan fingerprint density at radius 3 is 2.53 bits per heavy atom. The molecule has 0 saturated carbocycles. The molecule has 0 spiro atoms. The number of carbonyl (C=O) groups is 1. The zero-order chi connectivity index (χ0) is 24.9. The number of aromatic nitrogens is 2. The fraction of sp³-hybridized carbons (Fsp3) is 0.0714. The Morgan fingerprint density at radius 2 is 1.75 bits per heavy atom. The van der Waals surface area contributed by atoms with Gasteiger partial charge in [0.05, 0.1) is 29.8 Å². The third kappa shape index (κ3) is 5.23. The number of thioether (sulfide) groups is 1. The molecule has 0 radical (unpaired) electrons. The molecule has 0 unspecified atom stereocenters. The molecule has 0 atom stereocenters. The molecule has 176 valence electrons. The van der Waals surface area contributed by atoms with Gasteiger partial charge in [0.2, 0.25) is 5.91 Å². The van der Waals surface area contributed by atoms with Gasteiger partial charge in [0.1, 0.15) is 16.8 Å². The molecule has 2 heterocycles. The summed E-state index contributed by atoms with van der Waals surface area (Å²) in [5.41, 5.74) is 3.86. The van der Waals surface area contributed by atoms with Gasteiger partial charge in [0, 0.05) is 16.5 Å². The predicted octanol–water partition coefficient (Wildman–Crippen LogP) is 6.64. The van der Waals surface area contributed by atoms with Crippen molar-refractivity contribution in [2.45, 2.75) is 5.03 Å². The second-order valence-electron chi connectivity index (χ2n) is 7.83. The van der Waals surface area contributed by atoms with Gasteiger partial charge >= 0.3 is 0 Å². The number of pyridine rings is 1. The minimum atomic E-state index is -0.208. The van der Waals surface area contributed by atoms with E-state index in [-0.39, 0.29) is 11.7 Å².